The Morgan fingerprint density at radius 3 is 2.75 bits per heavy atom. The lowest BCUT2D eigenvalue weighted by molar-refractivity contribution is -0.137. The van der Waals surface area contributed by atoms with Gasteiger partial charge in [0.25, 0.3) is 5.91 Å². The number of hydrogen-bond acceptors (Lipinski definition) is 5. The van der Waals surface area contributed by atoms with Crippen LogP contribution in [0.25, 0.3) is 0 Å². The quantitative estimate of drug-likeness (QED) is 0.842. The molecular formula is C21H26N4O2S. The molecule has 1 aliphatic heterocycles. The van der Waals surface area contributed by atoms with Gasteiger partial charge in [-0.1, -0.05) is 25.3 Å². The Bertz CT molecular complexity index is 818. The van der Waals surface area contributed by atoms with Crippen molar-refractivity contribution in [2.75, 3.05) is 18.4 Å². The molecule has 1 aliphatic carbocycles. The first-order valence-electron chi connectivity index (χ1n) is 10.2. The largest absolute Gasteiger partial charge is 0.342 e. The number of carbonyl (C=O) groups excluding carboxylic acids is 2. The van der Waals surface area contributed by atoms with Crippen molar-refractivity contribution in [2.45, 2.75) is 50.9 Å². The second-order valence-electron chi connectivity index (χ2n) is 7.70. The number of carbonyl (C=O) groups is 2. The summed E-state index contributed by atoms with van der Waals surface area (Å²) >= 11 is 1.38. The SMILES string of the molecule is O=C(Nc1nccs1)c1cccc([C@H]2CCCN(C(=O)C3CCCCC3)C2)n1. The van der Waals surface area contributed by atoms with Crippen molar-refractivity contribution in [2.24, 2.45) is 5.92 Å². The zero-order chi connectivity index (χ0) is 19.3. The molecule has 7 heteroatoms. The number of hydrogen-bond donors (Lipinski definition) is 1. The lowest BCUT2D eigenvalue weighted by Gasteiger charge is -2.35. The zero-order valence-corrected chi connectivity index (χ0v) is 16.8. The van der Waals surface area contributed by atoms with Gasteiger partial charge in [0.2, 0.25) is 5.91 Å². The first-order chi connectivity index (χ1) is 13.7. The molecule has 1 atom stereocenters. The summed E-state index contributed by atoms with van der Waals surface area (Å²) in [5.41, 5.74) is 1.29. The van der Waals surface area contributed by atoms with Crippen molar-refractivity contribution in [3.63, 3.8) is 0 Å². The predicted octanol–water partition coefficient (Wildman–Crippen LogP) is 4.08. The average Bonchev–Trinajstić information content (AvgIpc) is 3.27. The molecule has 0 bridgehead atoms. The summed E-state index contributed by atoms with van der Waals surface area (Å²) in [7, 11) is 0. The molecule has 0 radical (unpaired) electrons. The number of likely N-dealkylation sites (tertiary alicyclic amines) is 1. The number of thiazole rings is 1. The van der Waals surface area contributed by atoms with Crippen LogP contribution in [0.3, 0.4) is 0 Å². The summed E-state index contributed by atoms with van der Waals surface area (Å²) < 4.78 is 0. The molecule has 1 saturated carbocycles. The Kier molecular flexibility index (Phi) is 6.00. The molecule has 0 unspecified atom stereocenters. The second kappa shape index (κ2) is 8.82. The van der Waals surface area contributed by atoms with Gasteiger partial charge in [-0.05, 0) is 37.8 Å². The second-order valence-corrected chi connectivity index (χ2v) is 8.59. The van der Waals surface area contributed by atoms with E-state index >= 15 is 0 Å². The van der Waals surface area contributed by atoms with E-state index in [-0.39, 0.29) is 17.7 Å². The Labute approximate surface area is 169 Å². The highest BCUT2D eigenvalue weighted by atomic mass is 32.1. The van der Waals surface area contributed by atoms with Crippen LogP contribution in [0.2, 0.25) is 0 Å². The van der Waals surface area contributed by atoms with Crippen LogP contribution in [-0.2, 0) is 4.79 Å². The summed E-state index contributed by atoms with van der Waals surface area (Å²) in [6, 6.07) is 5.57. The van der Waals surface area contributed by atoms with Crippen LogP contribution in [0.5, 0.6) is 0 Å². The summed E-state index contributed by atoms with van der Waals surface area (Å²) in [6.07, 6.45) is 9.31. The molecule has 6 nitrogen and oxygen atoms in total. The molecule has 28 heavy (non-hydrogen) atoms. The number of aromatic nitrogens is 2. The van der Waals surface area contributed by atoms with E-state index in [1.54, 1.807) is 12.3 Å². The van der Waals surface area contributed by atoms with Gasteiger partial charge in [-0.2, -0.15) is 0 Å². The number of nitrogens with one attached hydrogen (secondary N) is 1. The van der Waals surface area contributed by atoms with Gasteiger partial charge in [-0.3, -0.25) is 14.9 Å². The summed E-state index contributed by atoms with van der Waals surface area (Å²) in [5.74, 6) is 0.467. The molecule has 2 amide bonds. The molecule has 2 aliphatic rings. The van der Waals surface area contributed by atoms with Gasteiger partial charge < -0.3 is 4.90 Å². The molecule has 0 aromatic carbocycles. The van der Waals surface area contributed by atoms with Crippen molar-refractivity contribution >= 4 is 28.3 Å². The molecule has 2 aromatic rings. The van der Waals surface area contributed by atoms with Crippen LogP contribution >= 0.6 is 11.3 Å². The third-order valence-electron chi connectivity index (χ3n) is 5.76. The molecule has 1 N–H and O–H groups in total. The molecule has 4 rings (SSSR count). The van der Waals surface area contributed by atoms with Gasteiger partial charge in [-0.25, -0.2) is 9.97 Å². The van der Waals surface area contributed by atoms with Crippen LogP contribution in [0.4, 0.5) is 5.13 Å². The topological polar surface area (TPSA) is 75.2 Å². The molecule has 3 heterocycles. The number of piperidine rings is 1. The Hall–Kier alpha value is -2.28. The first kappa shape index (κ1) is 19.1. The van der Waals surface area contributed by atoms with E-state index in [4.69, 9.17) is 0 Å². The molecular weight excluding hydrogens is 372 g/mol. The normalized spacial score (nSPS) is 20.7. The van der Waals surface area contributed by atoms with Crippen LogP contribution in [0, 0.1) is 5.92 Å². The molecule has 1 saturated heterocycles. The molecule has 2 aromatic heterocycles. The highest BCUT2D eigenvalue weighted by molar-refractivity contribution is 7.13. The summed E-state index contributed by atoms with van der Waals surface area (Å²) in [5, 5.41) is 5.17. The van der Waals surface area contributed by atoms with Crippen molar-refractivity contribution in [1.29, 1.82) is 0 Å². The highest BCUT2D eigenvalue weighted by Crippen LogP contribution is 2.30. The van der Waals surface area contributed by atoms with Gasteiger partial charge in [0.05, 0.1) is 0 Å². The lowest BCUT2D eigenvalue weighted by Crippen LogP contribution is -2.43. The summed E-state index contributed by atoms with van der Waals surface area (Å²) in [4.78, 5) is 36.1. The van der Waals surface area contributed by atoms with Gasteiger partial charge in [0.15, 0.2) is 5.13 Å². The fraction of sp³-hybridized carbons (Fsp3) is 0.524. The molecule has 0 spiro atoms. The lowest BCUT2D eigenvalue weighted by atomic mass is 9.86. The van der Waals surface area contributed by atoms with Crippen molar-refractivity contribution in [1.82, 2.24) is 14.9 Å². The first-order valence-corrected chi connectivity index (χ1v) is 11.1. The average molecular weight is 399 g/mol. The predicted molar refractivity (Wildman–Crippen MR) is 109 cm³/mol. The van der Waals surface area contributed by atoms with E-state index in [1.807, 2.05) is 22.4 Å². The van der Waals surface area contributed by atoms with Gasteiger partial charge >= 0.3 is 0 Å². The van der Waals surface area contributed by atoms with E-state index in [0.29, 0.717) is 23.3 Å². The van der Waals surface area contributed by atoms with Crippen LogP contribution < -0.4 is 5.32 Å². The van der Waals surface area contributed by atoms with Gasteiger partial charge in [0.1, 0.15) is 5.69 Å². The van der Waals surface area contributed by atoms with Crippen LogP contribution in [0.1, 0.15) is 67.0 Å². The van der Waals surface area contributed by atoms with Crippen LogP contribution in [0.15, 0.2) is 29.8 Å². The fourth-order valence-electron chi connectivity index (χ4n) is 4.28. The third-order valence-corrected chi connectivity index (χ3v) is 6.45. The third kappa shape index (κ3) is 4.41. The smallest absolute Gasteiger partial charge is 0.276 e. The minimum Gasteiger partial charge on any atom is -0.342 e. The molecule has 148 valence electrons. The number of nitrogens with zero attached hydrogens (tertiary/aromatic N) is 3. The van der Waals surface area contributed by atoms with E-state index < -0.39 is 0 Å². The van der Waals surface area contributed by atoms with Gasteiger partial charge in [0, 0.05) is 42.2 Å². The highest BCUT2D eigenvalue weighted by Gasteiger charge is 2.30. The Balaban J connectivity index is 1.43. The number of anilines is 1. The maximum atomic E-state index is 12.9. The maximum Gasteiger partial charge on any atom is 0.276 e. The number of pyridine rings is 1. The minimum absolute atomic E-state index is 0.189. The van der Waals surface area contributed by atoms with Crippen molar-refractivity contribution in [3.05, 3.63) is 41.2 Å². The number of rotatable bonds is 4. The summed E-state index contributed by atoms with van der Waals surface area (Å²) in [6.45, 7) is 1.55. The van der Waals surface area contributed by atoms with Gasteiger partial charge in [-0.15, -0.1) is 11.3 Å². The standard InChI is InChI=1S/C21H26N4O2S/c26-19(24-21-22-11-13-28-21)18-10-4-9-17(23-18)16-8-5-12-25(14-16)20(27)15-6-2-1-3-7-15/h4,9-11,13,15-16H,1-3,5-8,12,14H2,(H,22,24,26)/t16-/m0/s1. The van der Waals surface area contributed by atoms with Crippen molar-refractivity contribution in [3.8, 4) is 0 Å². The Morgan fingerprint density at radius 1 is 1.11 bits per heavy atom. The maximum absolute atomic E-state index is 12.9. The van der Waals surface area contributed by atoms with Crippen LogP contribution in [-0.4, -0.2) is 39.8 Å². The van der Waals surface area contributed by atoms with E-state index in [2.05, 4.69) is 15.3 Å². The minimum atomic E-state index is -0.247. The Morgan fingerprint density at radius 2 is 1.96 bits per heavy atom. The van der Waals surface area contributed by atoms with E-state index in [0.717, 1.165) is 37.9 Å². The van der Waals surface area contributed by atoms with E-state index in [1.165, 1.54) is 30.6 Å². The fourth-order valence-corrected chi connectivity index (χ4v) is 4.80. The van der Waals surface area contributed by atoms with E-state index in [9.17, 15) is 9.59 Å². The molecule has 2 fully saturated rings. The monoisotopic (exact) mass is 398 g/mol. The zero-order valence-electron chi connectivity index (χ0n) is 16.0. The van der Waals surface area contributed by atoms with Crippen molar-refractivity contribution < 1.29 is 9.59 Å². The number of amides is 2.